The number of rotatable bonds is 5. The van der Waals surface area contributed by atoms with Crippen molar-refractivity contribution in [2.75, 3.05) is 18.1 Å². The van der Waals surface area contributed by atoms with Crippen LogP contribution in [0.1, 0.15) is 12.5 Å². The minimum Gasteiger partial charge on any atom is -0.389 e. The quantitative estimate of drug-likeness (QED) is 0.817. The predicted molar refractivity (Wildman–Crippen MR) is 81.5 cm³/mol. The molecule has 0 amide bonds. The van der Waals surface area contributed by atoms with Crippen LogP contribution in [0.25, 0.3) is 0 Å². The molecule has 0 saturated heterocycles. The summed E-state index contributed by atoms with van der Waals surface area (Å²) < 4.78 is 0.992. The molecule has 0 heterocycles. The highest BCUT2D eigenvalue weighted by Crippen LogP contribution is 2.24. The number of hydrogen-bond donors (Lipinski definition) is 2. The Morgan fingerprint density at radius 2 is 2.31 bits per heavy atom. The maximum atomic E-state index is 5.56. The molecule has 0 bridgehead atoms. The van der Waals surface area contributed by atoms with E-state index in [2.05, 4.69) is 34.4 Å². The molecule has 3 N–H and O–H groups in total. The Morgan fingerprint density at radius 1 is 1.62 bits per heavy atom. The lowest BCUT2D eigenvalue weighted by atomic mass is 10.2. The fourth-order valence-corrected chi connectivity index (χ4v) is 2.04. The molecule has 88 valence electrons. The van der Waals surface area contributed by atoms with Crippen molar-refractivity contribution in [1.29, 1.82) is 0 Å². The van der Waals surface area contributed by atoms with E-state index in [4.69, 9.17) is 18.0 Å². The van der Waals surface area contributed by atoms with Gasteiger partial charge in [-0.15, -0.1) is 0 Å². The summed E-state index contributed by atoms with van der Waals surface area (Å²) in [6.45, 7) is 3.13. The largest absolute Gasteiger partial charge is 0.389 e. The van der Waals surface area contributed by atoms with Gasteiger partial charge in [0.05, 0.1) is 0 Å². The van der Waals surface area contributed by atoms with Crippen molar-refractivity contribution in [1.82, 2.24) is 0 Å². The average Bonchev–Trinajstić information content (AvgIpc) is 2.26. The van der Waals surface area contributed by atoms with E-state index in [1.807, 2.05) is 30.0 Å². The van der Waals surface area contributed by atoms with Crippen LogP contribution in [0.3, 0.4) is 0 Å². The first kappa shape index (κ1) is 13.8. The zero-order valence-corrected chi connectivity index (χ0v) is 12.5. The van der Waals surface area contributed by atoms with Gasteiger partial charge in [0.2, 0.25) is 0 Å². The Bertz CT molecular complexity index is 382. The molecule has 5 heteroatoms. The number of benzene rings is 1. The summed E-state index contributed by atoms with van der Waals surface area (Å²) in [5.74, 6) is 0. The second-order valence-corrected chi connectivity index (χ2v) is 6.06. The highest BCUT2D eigenvalue weighted by molar-refractivity contribution is 9.10. The lowest BCUT2D eigenvalue weighted by Gasteiger charge is -2.13. The molecule has 16 heavy (non-hydrogen) atoms. The summed E-state index contributed by atoms with van der Waals surface area (Å²) in [6.07, 6.45) is 2.11. The summed E-state index contributed by atoms with van der Waals surface area (Å²) in [6, 6.07) is 5.86. The van der Waals surface area contributed by atoms with Gasteiger partial charge in [-0.05, 0) is 40.4 Å². The van der Waals surface area contributed by atoms with Crippen LogP contribution in [0.5, 0.6) is 0 Å². The van der Waals surface area contributed by atoms with Crippen LogP contribution in [0.4, 0.5) is 5.69 Å². The summed E-state index contributed by atoms with van der Waals surface area (Å²) in [7, 11) is 0. The van der Waals surface area contributed by atoms with Crippen molar-refractivity contribution >= 4 is 50.6 Å². The minimum absolute atomic E-state index is 0.421. The minimum atomic E-state index is 0.421. The monoisotopic (exact) mass is 318 g/mol. The molecule has 1 aromatic rings. The molecule has 0 aliphatic heterocycles. The van der Waals surface area contributed by atoms with Gasteiger partial charge >= 0.3 is 0 Å². The molecule has 1 aromatic carbocycles. The number of anilines is 1. The van der Waals surface area contributed by atoms with Crippen molar-refractivity contribution in [3.05, 3.63) is 28.2 Å². The second kappa shape index (κ2) is 6.47. The number of thiocarbonyl (C=S) groups is 1. The zero-order valence-electron chi connectivity index (χ0n) is 9.29. The van der Waals surface area contributed by atoms with Crippen LogP contribution in [0.2, 0.25) is 0 Å². The summed E-state index contributed by atoms with van der Waals surface area (Å²) in [4.78, 5) is 0.421. The van der Waals surface area contributed by atoms with Crippen molar-refractivity contribution in [2.24, 2.45) is 5.73 Å². The van der Waals surface area contributed by atoms with Crippen molar-refractivity contribution < 1.29 is 0 Å². The molecule has 0 aromatic heterocycles. The predicted octanol–water partition coefficient (Wildman–Crippen LogP) is 3.25. The Kier molecular flexibility index (Phi) is 5.58. The van der Waals surface area contributed by atoms with Gasteiger partial charge in [-0.2, -0.15) is 11.8 Å². The van der Waals surface area contributed by atoms with Crippen molar-refractivity contribution in [2.45, 2.75) is 12.2 Å². The number of hydrogen-bond acceptors (Lipinski definition) is 3. The van der Waals surface area contributed by atoms with Crippen LogP contribution < -0.4 is 11.1 Å². The SMILES string of the molecule is CSC(C)CNc1ccc(C(N)=S)cc1Br. The molecule has 0 aliphatic carbocycles. The Labute approximate surface area is 114 Å². The molecule has 1 atom stereocenters. The molecule has 0 spiro atoms. The molecule has 1 rings (SSSR count). The summed E-state index contributed by atoms with van der Waals surface area (Å²) >= 11 is 10.3. The van der Waals surface area contributed by atoms with Gasteiger partial charge in [-0.3, -0.25) is 0 Å². The topological polar surface area (TPSA) is 38.0 Å². The fraction of sp³-hybridized carbons (Fsp3) is 0.364. The highest BCUT2D eigenvalue weighted by Gasteiger charge is 2.04. The van der Waals surface area contributed by atoms with E-state index in [0.717, 1.165) is 22.3 Å². The van der Waals surface area contributed by atoms with Gasteiger partial charge in [0.15, 0.2) is 0 Å². The molecule has 0 radical (unpaired) electrons. The van der Waals surface area contributed by atoms with Crippen LogP contribution in [-0.2, 0) is 0 Å². The van der Waals surface area contributed by atoms with Crippen LogP contribution in [0.15, 0.2) is 22.7 Å². The lowest BCUT2D eigenvalue weighted by molar-refractivity contribution is 1.00. The van der Waals surface area contributed by atoms with E-state index in [-0.39, 0.29) is 0 Å². The van der Waals surface area contributed by atoms with Crippen molar-refractivity contribution in [3.8, 4) is 0 Å². The third-order valence-corrected chi connectivity index (χ3v) is 4.10. The van der Waals surface area contributed by atoms with Crippen LogP contribution in [-0.4, -0.2) is 23.0 Å². The Balaban J connectivity index is 2.72. The lowest BCUT2D eigenvalue weighted by Crippen LogP contribution is -2.14. The average molecular weight is 319 g/mol. The van der Waals surface area contributed by atoms with Gasteiger partial charge in [0, 0.05) is 27.5 Å². The van der Waals surface area contributed by atoms with E-state index < -0.39 is 0 Å². The fourth-order valence-electron chi connectivity index (χ4n) is 1.15. The third-order valence-electron chi connectivity index (χ3n) is 2.24. The molecule has 0 fully saturated rings. The standard InChI is InChI=1S/C11H15BrN2S2/c1-7(16-2)6-14-10-4-3-8(11(13)15)5-9(10)12/h3-5,7,14H,6H2,1-2H3,(H2,13,15). The first-order chi connectivity index (χ1) is 7.54. The first-order valence-electron chi connectivity index (χ1n) is 4.90. The number of thioether (sulfide) groups is 1. The number of nitrogens with two attached hydrogens (primary N) is 1. The van der Waals surface area contributed by atoms with Gasteiger partial charge in [-0.1, -0.05) is 19.1 Å². The second-order valence-electron chi connectivity index (χ2n) is 3.49. The Hall–Kier alpha value is -0.260. The maximum Gasteiger partial charge on any atom is 0.104 e. The molecule has 0 saturated carbocycles. The van der Waals surface area contributed by atoms with E-state index in [0.29, 0.717) is 10.2 Å². The Morgan fingerprint density at radius 3 is 2.81 bits per heavy atom. The number of nitrogens with one attached hydrogen (secondary N) is 1. The van der Waals surface area contributed by atoms with Gasteiger partial charge < -0.3 is 11.1 Å². The molecule has 1 unspecified atom stereocenters. The first-order valence-corrected chi connectivity index (χ1v) is 7.39. The van der Waals surface area contributed by atoms with E-state index in [1.165, 1.54) is 0 Å². The molecule has 2 nitrogen and oxygen atoms in total. The van der Waals surface area contributed by atoms with E-state index >= 15 is 0 Å². The van der Waals surface area contributed by atoms with Gasteiger partial charge in [-0.25, -0.2) is 0 Å². The van der Waals surface area contributed by atoms with E-state index in [1.54, 1.807) is 0 Å². The van der Waals surface area contributed by atoms with Crippen LogP contribution >= 0.6 is 39.9 Å². The number of halogens is 1. The highest BCUT2D eigenvalue weighted by atomic mass is 79.9. The van der Waals surface area contributed by atoms with E-state index in [9.17, 15) is 0 Å². The zero-order chi connectivity index (χ0) is 12.1. The maximum absolute atomic E-state index is 5.56. The normalized spacial score (nSPS) is 12.2. The van der Waals surface area contributed by atoms with Crippen LogP contribution in [0, 0.1) is 0 Å². The third kappa shape index (κ3) is 3.96. The summed E-state index contributed by atoms with van der Waals surface area (Å²) in [5.41, 5.74) is 7.51. The smallest absolute Gasteiger partial charge is 0.104 e. The van der Waals surface area contributed by atoms with Gasteiger partial charge in [0.25, 0.3) is 0 Å². The van der Waals surface area contributed by atoms with Crippen molar-refractivity contribution in [3.63, 3.8) is 0 Å². The van der Waals surface area contributed by atoms with Gasteiger partial charge in [0.1, 0.15) is 4.99 Å². The molecular formula is C11H15BrN2S2. The molecule has 0 aliphatic rings. The molecular weight excluding hydrogens is 304 g/mol. The summed E-state index contributed by atoms with van der Waals surface area (Å²) in [5, 5.41) is 3.96.